The molecule has 0 bridgehead atoms. The van der Waals surface area contributed by atoms with E-state index >= 15 is 0 Å². The molecule has 32 heavy (non-hydrogen) atoms. The zero-order chi connectivity index (χ0) is 22.7. The van der Waals surface area contributed by atoms with E-state index < -0.39 is 29.8 Å². The number of carbonyl (C=O) groups is 1. The van der Waals surface area contributed by atoms with Gasteiger partial charge in [0.1, 0.15) is 0 Å². The summed E-state index contributed by atoms with van der Waals surface area (Å²) in [5, 5.41) is 11.5. The fraction of sp³-hybridized carbons (Fsp3) is 0.409. The van der Waals surface area contributed by atoms with E-state index in [9.17, 15) is 9.90 Å². The van der Waals surface area contributed by atoms with E-state index in [2.05, 4.69) is 15.9 Å². The van der Waals surface area contributed by atoms with Crippen LogP contribution in [0.15, 0.2) is 16.6 Å². The largest absolute Gasteiger partial charge is 0.493 e. The third-order valence-electron chi connectivity index (χ3n) is 6.35. The minimum atomic E-state index is -0.942. The molecule has 5 rings (SSSR count). The summed E-state index contributed by atoms with van der Waals surface area (Å²) in [5.41, 5.74) is 1.89. The molecule has 10 heteroatoms. The highest BCUT2D eigenvalue weighted by Crippen LogP contribution is 2.59. The average Bonchev–Trinajstić information content (AvgIpc) is 3.41. The summed E-state index contributed by atoms with van der Waals surface area (Å²) in [4.78, 5) is 12.9. The summed E-state index contributed by atoms with van der Waals surface area (Å²) in [6.45, 7) is 0.168. The molecule has 2 aliphatic heterocycles. The lowest BCUT2D eigenvalue weighted by atomic mass is 9.66. The number of aliphatic hydroxyl groups excluding tert-OH is 1. The van der Waals surface area contributed by atoms with Crippen molar-refractivity contribution in [2.45, 2.75) is 12.0 Å². The minimum Gasteiger partial charge on any atom is -0.493 e. The normalized spacial score (nSPS) is 25.1. The average molecular weight is 528 g/mol. The van der Waals surface area contributed by atoms with Gasteiger partial charge in [-0.15, -0.1) is 0 Å². The number of rotatable bonds is 4. The predicted octanol–water partition coefficient (Wildman–Crippen LogP) is 3.83. The van der Waals surface area contributed by atoms with Gasteiger partial charge in [-0.05, 0) is 39.2 Å². The number of halogens is 2. The van der Waals surface area contributed by atoms with Crippen LogP contribution in [0.1, 0.15) is 28.7 Å². The summed E-state index contributed by atoms with van der Waals surface area (Å²) in [6, 6.07) is 3.52. The van der Waals surface area contributed by atoms with Crippen LogP contribution in [0.3, 0.4) is 0 Å². The molecule has 0 unspecified atom stereocenters. The summed E-state index contributed by atoms with van der Waals surface area (Å²) in [7, 11) is 4.48. The van der Waals surface area contributed by atoms with Gasteiger partial charge in [0.25, 0.3) is 0 Å². The molecular weight excluding hydrogens is 508 g/mol. The lowest BCUT2D eigenvalue weighted by Gasteiger charge is -2.38. The maximum atomic E-state index is 12.9. The van der Waals surface area contributed by atoms with Crippen molar-refractivity contribution in [2.24, 2.45) is 11.8 Å². The molecule has 0 aromatic heterocycles. The van der Waals surface area contributed by atoms with Crippen molar-refractivity contribution in [2.75, 3.05) is 34.7 Å². The van der Waals surface area contributed by atoms with Crippen molar-refractivity contribution in [3.05, 3.63) is 38.3 Å². The molecule has 2 aromatic rings. The number of hydrogen-bond acceptors (Lipinski definition) is 8. The van der Waals surface area contributed by atoms with Gasteiger partial charge in [-0.1, -0.05) is 11.6 Å². The highest BCUT2D eigenvalue weighted by Gasteiger charge is 2.53. The second-order valence-electron chi connectivity index (χ2n) is 7.72. The van der Waals surface area contributed by atoms with E-state index in [4.69, 9.17) is 40.0 Å². The van der Waals surface area contributed by atoms with Crippen molar-refractivity contribution in [3.8, 4) is 28.7 Å². The number of carbonyl (C=O) groups excluding carboxylic acids is 1. The molecule has 1 N–H and O–H groups in total. The van der Waals surface area contributed by atoms with E-state index in [0.29, 0.717) is 49.9 Å². The monoisotopic (exact) mass is 526 g/mol. The number of fused-ring (bicyclic) bond motifs is 3. The van der Waals surface area contributed by atoms with Crippen LogP contribution in [0.5, 0.6) is 28.7 Å². The van der Waals surface area contributed by atoms with E-state index in [0.717, 1.165) is 0 Å². The predicted molar refractivity (Wildman–Crippen MR) is 116 cm³/mol. The van der Waals surface area contributed by atoms with Crippen molar-refractivity contribution in [1.82, 2.24) is 0 Å². The van der Waals surface area contributed by atoms with Gasteiger partial charge in [-0.25, -0.2) is 0 Å². The van der Waals surface area contributed by atoms with Gasteiger partial charge in [0, 0.05) is 17.4 Å². The number of ether oxygens (including phenoxy) is 6. The van der Waals surface area contributed by atoms with Crippen LogP contribution in [-0.2, 0) is 9.53 Å². The first kappa shape index (κ1) is 21.5. The molecule has 0 radical (unpaired) electrons. The van der Waals surface area contributed by atoms with Gasteiger partial charge in [0.15, 0.2) is 23.0 Å². The third kappa shape index (κ3) is 2.87. The van der Waals surface area contributed by atoms with Crippen LogP contribution in [-0.4, -0.2) is 45.8 Å². The maximum Gasteiger partial charge on any atom is 0.310 e. The molecule has 1 aliphatic carbocycles. The van der Waals surface area contributed by atoms with Crippen LogP contribution in [0.2, 0.25) is 5.02 Å². The molecule has 1 saturated heterocycles. The molecule has 1 fully saturated rings. The second-order valence-corrected chi connectivity index (χ2v) is 8.89. The van der Waals surface area contributed by atoms with Crippen molar-refractivity contribution >= 4 is 33.5 Å². The van der Waals surface area contributed by atoms with Crippen LogP contribution >= 0.6 is 27.5 Å². The maximum absolute atomic E-state index is 12.9. The topological polar surface area (TPSA) is 92.7 Å². The summed E-state index contributed by atoms with van der Waals surface area (Å²) in [6.07, 6.45) is -0.942. The molecule has 2 aromatic carbocycles. The molecule has 0 amide bonds. The van der Waals surface area contributed by atoms with Gasteiger partial charge >= 0.3 is 5.97 Å². The second kappa shape index (κ2) is 7.90. The number of hydrogen-bond donors (Lipinski definition) is 1. The van der Waals surface area contributed by atoms with Gasteiger partial charge in [0.2, 0.25) is 12.5 Å². The summed E-state index contributed by atoms with van der Waals surface area (Å²) >= 11 is 10.4. The first-order valence-electron chi connectivity index (χ1n) is 9.87. The van der Waals surface area contributed by atoms with Gasteiger partial charge in [-0.3, -0.25) is 4.79 Å². The number of aliphatic hydroxyl groups is 1. The Morgan fingerprint density at radius 1 is 1.06 bits per heavy atom. The molecular formula is C22H20BrClO8. The Kier molecular flexibility index (Phi) is 5.30. The van der Waals surface area contributed by atoms with Crippen LogP contribution in [0.4, 0.5) is 0 Å². The fourth-order valence-electron chi connectivity index (χ4n) is 4.95. The molecule has 2 heterocycles. The number of cyclic esters (lactones) is 1. The van der Waals surface area contributed by atoms with Gasteiger partial charge in [0.05, 0.1) is 49.5 Å². The lowest BCUT2D eigenvalue weighted by molar-refractivity contribution is -0.141. The van der Waals surface area contributed by atoms with Crippen LogP contribution < -0.4 is 23.7 Å². The van der Waals surface area contributed by atoms with E-state index in [1.165, 1.54) is 21.3 Å². The number of benzene rings is 2. The highest BCUT2D eigenvalue weighted by atomic mass is 79.9. The Morgan fingerprint density at radius 3 is 2.50 bits per heavy atom. The third-order valence-corrected chi connectivity index (χ3v) is 7.53. The zero-order valence-electron chi connectivity index (χ0n) is 17.4. The van der Waals surface area contributed by atoms with Crippen LogP contribution in [0, 0.1) is 11.8 Å². The molecule has 0 saturated carbocycles. The molecule has 4 atom stereocenters. The van der Waals surface area contributed by atoms with E-state index in [1.54, 1.807) is 12.1 Å². The lowest BCUT2D eigenvalue weighted by Crippen LogP contribution is -2.35. The quantitative estimate of drug-likeness (QED) is 0.600. The fourth-order valence-corrected chi connectivity index (χ4v) is 6.06. The molecule has 0 spiro atoms. The molecule has 170 valence electrons. The Bertz CT molecular complexity index is 1120. The first-order chi connectivity index (χ1) is 15.4. The zero-order valence-corrected chi connectivity index (χ0v) is 19.8. The van der Waals surface area contributed by atoms with Crippen molar-refractivity contribution in [1.29, 1.82) is 0 Å². The summed E-state index contributed by atoms with van der Waals surface area (Å²) < 4.78 is 33.7. The number of esters is 1. The first-order valence-corrected chi connectivity index (χ1v) is 11.0. The Balaban J connectivity index is 1.82. The Labute approximate surface area is 197 Å². The highest BCUT2D eigenvalue weighted by molar-refractivity contribution is 9.10. The van der Waals surface area contributed by atoms with E-state index in [-0.39, 0.29) is 18.4 Å². The number of methoxy groups -OCH3 is 3. The summed E-state index contributed by atoms with van der Waals surface area (Å²) in [5.74, 6) is -0.0154. The van der Waals surface area contributed by atoms with Crippen molar-refractivity contribution in [3.63, 3.8) is 0 Å². The van der Waals surface area contributed by atoms with E-state index in [1.807, 2.05) is 0 Å². The Morgan fingerprint density at radius 2 is 1.81 bits per heavy atom. The van der Waals surface area contributed by atoms with Gasteiger partial charge in [-0.2, -0.15) is 0 Å². The molecule has 3 aliphatic rings. The minimum absolute atomic E-state index is 0.0669. The SMILES string of the molecule is COc1cc([C@@H]2c3cc4c(c(Br)c3[C@H](O)[C@H]3COC(=O)[C@H]23)OCO4)c(Cl)c(OC)c1OC. The van der Waals surface area contributed by atoms with Gasteiger partial charge < -0.3 is 33.5 Å². The molecule has 8 nitrogen and oxygen atoms in total. The standard InChI is InChI=1S/C22H20BrClO8/c1-27-11-5-9(17(24)21(29-3)20(11)28-2)13-8-4-12-19(32-7-31-12)16(23)15(8)18(25)10-6-30-22(26)14(10)13/h4-5,10,13-14,18,25H,6-7H2,1-3H3/t10-,13-,14-,18+/m0/s1. The van der Waals surface area contributed by atoms with Crippen LogP contribution in [0.25, 0.3) is 0 Å². The smallest absolute Gasteiger partial charge is 0.310 e. The Hall–Kier alpha value is -2.36. The van der Waals surface area contributed by atoms with Crippen molar-refractivity contribution < 1.29 is 38.3 Å².